The van der Waals surface area contributed by atoms with E-state index in [9.17, 15) is 0 Å². The zero-order valence-corrected chi connectivity index (χ0v) is 9.77. The summed E-state index contributed by atoms with van der Waals surface area (Å²) in [6.07, 6.45) is 3.14. The lowest BCUT2D eigenvalue weighted by atomic mass is 10.0. The Morgan fingerprint density at radius 2 is 2.19 bits per heavy atom. The number of anilines is 1. The third kappa shape index (κ3) is 1.73. The van der Waals surface area contributed by atoms with Crippen LogP contribution in [0.2, 0.25) is 0 Å². The molecule has 0 radical (unpaired) electrons. The van der Waals surface area contributed by atoms with Gasteiger partial charge < -0.3 is 14.4 Å². The van der Waals surface area contributed by atoms with E-state index in [4.69, 9.17) is 9.47 Å². The minimum atomic E-state index is 0.433. The van der Waals surface area contributed by atoms with Crippen LogP contribution in [0.15, 0.2) is 30.9 Å². The van der Waals surface area contributed by atoms with Crippen molar-refractivity contribution in [2.24, 2.45) is 0 Å². The van der Waals surface area contributed by atoms with Crippen molar-refractivity contribution >= 4 is 5.69 Å². The summed E-state index contributed by atoms with van der Waals surface area (Å²) in [6, 6.07) is 6.33. The molecule has 0 aromatic heterocycles. The molecule has 3 nitrogen and oxygen atoms in total. The maximum Gasteiger partial charge on any atom is 0.145 e. The Morgan fingerprint density at radius 3 is 2.69 bits per heavy atom. The first kappa shape index (κ1) is 10.9. The van der Waals surface area contributed by atoms with Crippen molar-refractivity contribution in [3.05, 3.63) is 30.9 Å². The Kier molecular flexibility index (Phi) is 3.04. The lowest BCUT2D eigenvalue weighted by Crippen LogP contribution is -2.46. The second-order valence-electron chi connectivity index (χ2n) is 3.82. The van der Waals surface area contributed by atoms with Crippen LogP contribution in [-0.2, 0) is 0 Å². The molecule has 0 amide bonds. The highest BCUT2D eigenvalue weighted by Crippen LogP contribution is 2.37. The first-order valence-corrected chi connectivity index (χ1v) is 5.41. The van der Waals surface area contributed by atoms with Crippen molar-refractivity contribution in [2.45, 2.75) is 12.5 Å². The molecule has 2 rings (SSSR count). The van der Waals surface area contributed by atoms with E-state index in [1.54, 1.807) is 14.2 Å². The molecule has 0 saturated carbocycles. The van der Waals surface area contributed by atoms with E-state index in [1.165, 1.54) is 6.42 Å². The monoisotopic (exact) mass is 219 g/mol. The predicted molar refractivity (Wildman–Crippen MR) is 65.5 cm³/mol. The Labute approximate surface area is 96.3 Å². The maximum atomic E-state index is 5.38. The van der Waals surface area contributed by atoms with Gasteiger partial charge in [-0.3, -0.25) is 0 Å². The van der Waals surface area contributed by atoms with Gasteiger partial charge in [0, 0.05) is 18.7 Å². The van der Waals surface area contributed by atoms with Gasteiger partial charge in [-0.2, -0.15) is 0 Å². The number of methoxy groups -OCH3 is 2. The molecule has 1 aromatic carbocycles. The number of rotatable bonds is 4. The molecule has 1 atom stereocenters. The van der Waals surface area contributed by atoms with Gasteiger partial charge in [0.05, 0.1) is 19.9 Å². The molecule has 1 aliphatic heterocycles. The van der Waals surface area contributed by atoms with E-state index >= 15 is 0 Å². The van der Waals surface area contributed by atoms with E-state index in [0.717, 1.165) is 23.7 Å². The first-order valence-electron chi connectivity index (χ1n) is 5.41. The number of hydrogen-bond acceptors (Lipinski definition) is 3. The highest BCUT2D eigenvalue weighted by Gasteiger charge is 2.27. The van der Waals surface area contributed by atoms with Crippen molar-refractivity contribution in [3.8, 4) is 11.5 Å². The Morgan fingerprint density at radius 1 is 1.38 bits per heavy atom. The van der Waals surface area contributed by atoms with Crippen LogP contribution in [0.1, 0.15) is 6.42 Å². The second kappa shape index (κ2) is 4.47. The van der Waals surface area contributed by atoms with Crippen LogP contribution in [0.4, 0.5) is 5.69 Å². The molecule has 86 valence electrons. The summed E-state index contributed by atoms with van der Waals surface area (Å²) in [5.41, 5.74) is 1.11. The molecular weight excluding hydrogens is 202 g/mol. The summed E-state index contributed by atoms with van der Waals surface area (Å²) in [7, 11) is 3.34. The smallest absolute Gasteiger partial charge is 0.145 e. The predicted octanol–water partition coefficient (Wildman–Crippen LogP) is 2.47. The van der Waals surface area contributed by atoms with Crippen molar-refractivity contribution in [2.75, 3.05) is 25.7 Å². The highest BCUT2D eigenvalue weighted by molar-refractivity contribution is 5.63. The molecule has 1 aromatic rings. The number of nitrogens with zero attached hydrogens (tertiary/aromatic N) is 1. The van der Waals surface area contributed by atoms with Crippen LogP contribution in [0.25, 0.3) is 0 Å². The Balaban J connectivity index is 2.29. The fourth-order valence-corrected chi connectivity index (χ4v) is 1.97. The van der Waals surface area contributed by atoms with E-state index in [-0.39, 0.29) is 0 Å². The van der Waals surface area contributed by atoms with E-state index in [0.29, 0.717) is 6.04 Å². The Bertz CT molecular complexity index is 390. The van der Waals surface area contributed by atoms with Crippen molar-refractivity contribution in [3.63, 3.8) is 0 Å². The molecule has 0 N–H and O–H groups in total. The first-order chi connectivity index (χ1) is 7.80. The summed E-state index contributed by atoms with van der Waals surface area (Å²) >= 11 is 0. The zero-order valence-electron chi connectivity index (χ0n) is 9.77. The van der Waals surface area contributed by atoms with Gasteiger partial charge >= 0.3 is 0 Å². The average Bonchev–Trinajstić information content (AvgIpc) is 2.29. The summed E-state index contributed by atoms with van der Waals surface area (Å²) in [5, 5.41) is 0. The lowest BCUT2D eigenvalue weighted by Gasteiger charge is -2.41. The van der Waals surface area contributed by atoms with Gasteiger partial charge in [-0.05, 0) is 18.6 Å². The number of benzene rings is 1. The van der Waals surface area contributed by atoms with Gasteiger partial charge in [-0.25, -0.2) is 0 Å². The van der Waals surface area contributed by atoms with Gasteiger partial charge in [0.1, 0.15) is 11.5 Å². The molecule has 3 heteroatoms. The fraction of sp³-hybridized carbons (Fsp3) is 0.385. The molecular formula is C13H17NO2. The van der Waals surface area contributed by atoms with Crippen molar-refractivity contribution in [1.82, 2.24) is 0 Å². The lowest BCUT2D eigenvalue weighted by molar-refractivity contribution is 0.390. The van der Waals surface area contributed by atoms with Crippen molar-refractivity contribution in [1.29, 1.82) is 0 Å². The zero-order chi connectivity index (χ0) is 11.5. The number of hydrogen-bond donors (Lipinski definition) is 0. The molecule has 1 fully saturated rings. The summed E-state index contributed by atoms with van der Waals surface area (Å²) in [5.74, 6) is 1.67. The topological polar surface area (TPSA) is 21.7 Å². The SMILES string of the molecule is C=CC1CCN1c1ccc(OC)cc1OC. The van der Waals surface area contributed by atoms with E-state index < -0.39 is 0 Å². The minimum absolute atomic E-state index is 0.433. The summed E-state index contributed by atoms with van der Waals surface area (Å²) in [4.78, 5) is 2.28. The Hall–Kier alpha value is -1.64. The molecule has 16 heavy (non-hydrogen) atoms. The molecule has 0 spiro atoms. The van der Waals surface area contributed by atoms with Gasteiger partial charge in [0.15, 0.2) is 0 Å². The maximum absolute atomic E-state index is 5.38. The molecule has 1 unspecified atom stereocenters. The van der Waals surface area contributed by atoms with Gasteiger partial charge in [0.25, 0.3) is 0 Å². The second-order valence-corrected chi connectivity index (χ2v) is 3.82. The van der Waals surface area contributed by atoms with Crippen LogP contribution in [-0.4, -0.2) is 26.8 Å². The standard InChI is InChI=1S/C13H17NO2/c1-4-10-7-8-14(10)12-6-5-11(15-2)9-13(12)16-3/h4-6,9-10H,1,7-8H2,2-3H3. The van der Waals surface area contributed by atoms with Gasteiger partial charge in [-0.15, -0.1) is 6.58 Å². The fourth-order valence-electron chi connectivity index (χ4n) is 1.97. The highest BCUT2D eigenvalue weighted by atomic mass is 16.5. The molecule has 1 aliphatic rings. The largest absolute Gasteiger partial charge is 0.497 e. The van der Waals surface area contributed by atoms with Crippen LogP contribution in [0.5, 0.6) is 11.5 Å². The number of ether oxygens (including phenoxy) is 2. The van der Waals surface area contributed by atoms with Gasteiger partial charge in [-0.1, -0.05) is 6.08 Å². The average molecular weight is 219 g/mol. The molecule has 0 aliphatic carbocycles. The van der Waals surface area contributed by atoms with E-state index in [1.807, 2.05) is 24.3 Å². The molecule has 0 bridgehead atoms. The summed E-state index contributed by atoms with van der Waals surface area (Å²) in [6.45, 7) is 4.90. The summed E-state index contributed by atoms with van der Waals surface area (Å²) < 4.78 is 10.6. The molecule has 1 saturated heterocycles. The minimum Gasteiger partial charge on any atom is -0.497 e. The quantitative estimate of drug-likeness (QED) is 0.726. The van der Waals surface area contributed by atoms with E-state index in [2.05, 4.69) is 11.5 Å². The van der Waals surface area contributed by atoms with Crippen LogP contribution in [0.3, 0.4) is 0 Å². The third-order valence-corrected chi connectivity index (χ3v) is 3.03. The van der Waals surface area contributed by atoms with Crippen LogP contribution < -0.4 is 14.4 Å². The van der Waals surface area contributed by atoms with Crippen LogP contribution >= 0.6 is 0 Å². The normalized spacial score (nSPS) is 18.9. The van der Waals surface area contributed by atoms with Crippen molar-refractivity contribution < 1.29 is 9.47 Å². The molecule has 1 heterocycles. The van der Waals surface area contributed by atoms with Crippen LogP contribution in [0, 0.1) is 0 Å². The van der Waals surface area contributed by atoms with Gasteiger partial charge in [0.2, 0.25) is 0 Å². The third-order valence-electron chi connectivity index (χ3n) is 3.03.